The molecule has 2 aliphatic rings. The summed E-state index contributed by atoms with van der Waals surface area (Å²) in [5.41, 5.74) is 6.99. The number of nitrogens with zero attached hydrogens (tertiary/aromatic N) is 4. The highest BCUT2D eigenvalue weighted by atomic mass is 31.2. The SMILES string of the molecule is Nc1ncnc2c1ncn2[C@H]1C[C@H](OCP(=O)(O)CP(=O)(O)O)[C@H]2C[C@H]21. The van der Waals surface area contributed by atoms with E-state index in [4.69, 9.17) is 20.3 Å². The zero-order valence-electron chi connectivity index (χ0n) is 13.6. The van der Waals surface area contributed by atoms with Crippen molar-refractivity contribution in [2.45, 2.75) is 25.0 Å². The summed E-state index contributed by atoms with van der Waals surface area (Å²) in [4.78, 5) is 39.9. The minimum Gasteiger partial charge on any atom is -0.382 e. The molecule has 4 rings (SSSR count). The van der Waals surface area contributed by atoms with Crippen LogP contribution < -0.4 is 5.73 Å². The van der Waals surface area contributed by atoms with Crippen LogP contribution in [0.15, 0.2) is 12.7 Å². The van der Waals surface area contributed by atoms with Gasteiger partial charge in [0.15, 0.2) is 11.5 Å². The number of anilines is 1. The Hall–Kier alpha value is -1.35. The van der Waals surface area contributed by atoms with E-state index in [9.17, 15) is 14.0 Å². The zero-order chi connectivity index (χ0) is 18.7. The Morgan fingerprint density at radius 1 is 1.19 bits per heavy atom. The van der Waals surface area contributed by atoms with Crippen molar-refractivity contribution in [2.75, 3.05) is 18.0 Å². The molecule has 2 aliphatic carbocycles. The molecule has 0 bridgehead atoms. The van der Waals surface area contributed by atoms with Gasteiger partial charge < -0.3 is 29.7 Å². The zero-order valence-corrected chi connectivity index (χ0v) is 15.4. The molecule has 13 heteroatoms. The second-order valence-corrected chi connectivity index (χ2v) is 11.3. The standard InChI is InChI=1S/C13H19N5O6P2/c14-12-11-13(16-3-15-12)18(4-17-11)9-2-10(8-1-7(8)9)24-5-25(19,20)6-26(21,22)23/h3-4,7-10H,1-2,5-6H2,(H,19,20)(H2,14,15,16)(H2,21,22,23)/t7-,8+,9+,10+/m1/s1. The molecule has 5 atom stereocenters. The lowest BCUT2D eigenvalue weighted by Gasteiger charge is -2.20. The first kappa shape index (κ1) is 18.0. The maximum atomic E-state index is 11.9. The molecule has 1 unspecified atom stereocenters. The number of nitrogens with two attached hydrogens (primary N) is 1. The summed E-state index contributed by atoms with van der Waals surface area (Å²) in [5.74, 6) is -0.141. The summed E-state index contributed by atoms with van der Waals surface area (Å²) in [5, 5.41) is 0. The number of fused-ring (bicyclic) bond motifs is 2. The van der Waals surface area contributed by atoms with E-state index in [1.807, 2.05) is 4.57 Å². The van der Waals surface area contributed by atoms with Crippen molar-refractivity contribution < 1.29 is 28.5 Å². The molecule has 142 valence electrons. The third-order valence-electron chi connectivity index (χ3n) is 4.98. The maximum absolute atomic E-state index is 11.9. The molecule has 2 heterocycles. The van der Waals surface area contributed by atoms with E-state index >= 15 is 0 Å². The van der Waals surface area contributed by atoms with Crippen molar-refractivity contribution in [3.8, 4) is 0 Å². The van der Waals surface area contributed by atoms with Gasteiger partial charge in [-0.15, -0.1) is 0 Å². The highest BCUT2D eigenvalue weighted by molar-refractivity contribution is 7.72. The number of aromatic nitrogens is 4. The van der Waals surface area contributed by atoms with Crippen molar-refractivity contribution in [1.82, 2.24) is 19.5 Å². The van der Waals surface area contributed by atoms with Crippen molar-refractivity contribution in [3.63, 3.8) is 0 Å². The van der Waals surface area contributed by atoms with Crippen LogP contribution in [0.4, 0.5) is 5.82 Å². The minimum atomic E-state index is -4.57. The summed E-state index contributed by atoms with van der Waals surface area (Å²) < 4.78 is 30.4. The monoisotopic (exact) mass is 403 g/mol. The van der Waals surface area contributed by atoms with E-state index in [0.717, 1.165) is 6.42 Å². The molecule has 0 amide bonds. The van der Waals surface area contributed by atoms with E-state index in [1.54, 1.807) is 6.33 Å². The highest BCUT2D eigenvalue weighted by Gasteiger charge is 2.56. The molecule has 0 saturated heterocycles. The lowest BCUT2D eigenvalue weighted by molar-refractivity contribution is 0.0663. The molecule has 2 aromatic heterocycles. The topological polar surface area (TPSA) is 174 Å². The average Bonchev–Trinajstić information content (AvgIpc) is 3.04. The van der Waals surface area contributed by atoms with Crippen LogP contribution in [0.5, 0.6) is 0 Å². The van der Waals surface area contributed by atoms with Gasteiger partial charge in [0, 0.05) is 6.04 Å². The number of hydrogen-bond donors (Lipinski definition) is 4. The third kappa shape index (κ3) is 3.43. The van der Waals surface area contributed by atoms with Crippen LogP contribution in [0, 0.1) is 11.8 Å². The van der Waals surface area contributed by atoms with E-state index in [-0.39, 0.29) is 18.1 Å². The Morgan fingerprint density at radius 2 is 1.96 bits per heavy atom. The van der Waals surface area contributed by atoms with Gasteiger partial charge in [-0.1, -0.05) is 0 Å². The molecule has 26 heavy (non-hydrogen) atoms. The van der Waals surface area contributed by atoms with Gasteiger partial charge in [-0.3, -0.25) is 9.13 Å². The summed E-state index contributed by atoms with van der Waals surface area (Å²) in [6, 6.07) is 0.0872. The predicted molar refractivity (Wildman–Crippen MR) is 91.5 cm³/mol. The third-order valence-corrected chi connectivity index (χ3v) is 8.77. The number of nitrogen functional groups attached to an aromatic ring is 1. The van der Waals surface area contributed by atoms with Crippen LogP contribution in [0.3, 0.4) is 0 Å². The summed E-state index contributed by atoms with van der Waals surface area (Å²) in [7, 11) is -8.61. The maximum Gasteiger partial charge on any atom is 0.335 e. The fraction of sp³-hybridized carbons (Fsp3) is 0.615. The first-order valence-electron chi connectivity index (χ1n) is 8.05. The first-order valence-corrected chi connectivity index (χ1v) is 11.9. The quantitative estimate of drug-likeness (QED) is 0.504. The van der Waals surface area contributed by atoms with Crippen LogP contribution in [0.1, 0.15) is 18.9 Å². The molecular weight excluding hydrogens is 384 g/mol. The predicted octanol–water partition coefficient (Wildman–Crippen LogP) is 0.738. The van der Waals surface area contributed by atoms with Gasteiger partial charge in [0.05, 0.1) is 12.4 Å². The van der Waals surface area contributed by atoms with E-state index in [0.29, 0.717) is 29.3 Å². The molecule has 0 radical (unpaired) electrons. The number of rotatable bonds is 6. The molecule has 0 aliphatic heterocycles. The molecule has 0 aromatic carbocycles. The van der Waals surface area contributed by atoms with E-state index in [2.05, 4.69) is 15.0 Å². The van der Waals surface area contributed by atoms with Gasteiger partial charge in [-0.2, -0.15) is 0 Å². The largest absolute Gasteiger partial charge is 0.382 e. The Bertz CT molecular complexity index is 944. The molecule has 11 nitrogen and oxygen atoms in total. The Kier molecular flexibility index (Phi) is 4.22. The van der Waals surface area contributed by atoms with Crippen LogP contribution >= 0.6 is 15.0 Å². The Morgan fingerprint density at radius 3 is 2.69 bits per heavy atom. The summed E-state index contributed by atoms with van der Waals surface area (Å²) >= 11 is 0. The summed E-state index contributed by atoms with van der Waals surface area (Å²) in [6.07, 6.45) is 3.79. The Labute approximate surface area is 148 Å². The second kappa shape index (κ2) is 6.09. The van der Waals surface area contributed by atoms with E-state index in [1.165, 1.54) is 6.33 Å². The fourth-order valence-corrected chi connectivity index (χ4v) is 6.91. The van der Waals surface area contributed by atoms with Crippen LogP contribution in [0.25, 0.3) is 11.2 Å². The second-order valence-electron chi connectivity index (χ2n) is 6.94. The van der Waals surface area contributed by atoms with Crippen molar-refractivity contribution in [1.29, 1.82) is 0 Å². The van der Waals surface area contributed by atoms with Gasteiger partial charge in [0.1, 0.15) is 24.1 Å². The molecule has 5 N–H and O–H groups in total. The number of hydrogen-bond acceptors (Lipinski definition) is 7. The van der Waals surface area contributed by atoms with Crippen molar-refractivity contribution >= 4 is 31.9 Å². The minimum absolute atomic E-state index is 0.0872. The van der Waals surface area contributed by atoms with Gasteiger partial charge >= 0.3 is 7.60 Å². The number of imidazole rings is 1. The molecule has 2 saturated carbocycles. The lowest BCUT2D eigenvalue weighted by Crippen LogP contribution is -2.17. The lowest BCUT2D eigenvalue weighted by atomic mass is 10.1. The molecule has 2 aromatic rings. The first-order chi connectivity index (χ1) is 12.1. The van der Waals surface area contributed by atoms with E-state index < -0.39 is 27.2 Å². The highest BCUT2D eigenvalue weighted by Crippen LogP contribution is 2.60. The molecule has 0 spiro atoms. The van der Waals surface area contributed by atoms with Crippen molar-refractivity contribution in [2.24, 2.45) is 11.8 Å². The van der Waals surface area contributed by atoms with Crippen molar-refractivity contribution in [3.05, 3.63) is 12.7 Å². The van der Waals surface area contributed by atoms with Crippen LogP contribution in [-0.4, -0.2) is 52.6 Å². The average molecular weight is 403 g/mol. The normalized spacial score (nSPS) is 30.3. The van der Waals surface area contributed by atoms with Gasteiger partial charge in [-0.25, -0.2) is 15.0 Å². The fourth-order valence-electron chi connectivity index (χ4n) is 3.86. The Balaban J connectivity index is 1.46. The van der Waals surface area contributed by atoms with Gasteiger partial charge in [0.25, 0.3) is 0 Å². The number of ether oxygens (including phenoxy) is 1. The van der Waals surface area contributed by atoms with Gasteiger partial charge in [0.2, 0.25) is 7.37 Å². The molecule has 2 fully saturated rings. The smallest absolute Gasteiger partial charge is 0.335 e. The van der Waals surface area contributed by atoms with Gasteiger partial charge in [-0.05, 0) is 24.7 Å². The summed E-state index contributed by atoms with van der Waals surface area (Å²) in [6.45, 7) is 0. The van der Waals surface area contributed by atoms with Crippen LogP contribution in [-0.2, 0) is 13.9 Å². The molecular formula is C13H19N5O6P2. The van der Waals surface area contributed by atoms with Crippen LogP contribution in [0.2, 0.25) is 0 Å².